The van der Waals surface area contributed by atoms with Gasteiger partial charge >= 0.3 is 0 Å². The van der Waals surface area contributed by atoms with Crippen molar-refractivity contribution in [3.05, 3.63) is 29.6 Å². The van der Waals surface area contributed by atoms with Gasteiger partial charge in [0.1, 0.15) is 0 Å². The van der Waals surface area contributed by atoms with E-state index >= 15 is 0 Å². The molecular weight excluding hydrogens is 229 g/mol. The van der Waals surface area contributed by atoms with Gasteiger partial charge in [0, 0.05) is 12.4 Å². The average Bonchev–Trinajstić information content (AvgIpc) is 2.29. The molecule has 4 heteroatoms. The van der Waals surface area contributed by atoms with Gasteiger partial charge in [-0.3, -0.25) is 0 Å². The molecule has 0 aliphatic heterocycles. The highest BCUT2D eigenvalue weighted by molar-refractivity contribution is 6.18. The maximum Gasteiger partial charge on any atom is 0.165 e. The third-order valence-corrected chi connectivity index (χ3v) is 2.83. The van der Waals surface area contributed by atoms with Gasteiger partial charge in [0.05, 0.1) is 7.11 Å². The van der Waals surface area contributed by atoms with Gasteiger partial charge in [-0.1, -0.05) is 13.0 Å². The van der Waals surface area contributed by atoms with Crippen LogP contribution >= 0.6 is 11.6 Å². The minimum absolute atomic E-state index is 0.276. The first kappa shape index (κ1) is 13.3. The molecule has 1 aromatic rings. The van der Waals surface area contributed by atoms with Gasteiger partial charge in [-0.2, -0.15) is 0 Å². The van der Waals surface area contributed by atoms with Crippen LogP contribution < -0.4 is 10.1 Å². The fourth-order valence-corrected chi connectivity index (χ4v) is 1.45. The van der Waals surface area contributed by atoms with E-state index in [9.17, 15) is 4.39 Å². The van der Waals surface area contributed by atoms with Crippen molar-refractivity contribution in [2.24, 2.45) is 5.92 Å². The highest BCUT2D eigenvalue weighted by Crippen LogP contribution is 2.17. The Hall–Kier alpha value is -0.800. The molecule has 1 atom stereocenters. The lowest BCUT2D eigenvalue weighted by Crippen LogP contribution is -2.21. The smallest absolute Gasteiger partial charge is 0.165 e. The number of hydrogen-bond acceptors (Lipinski definition) is 2. The van der Waals surface area contributed by atoms with E-state index in [1.54, 1.807) is 6.07 Å². The Balaban J connectivity index is 2.46. The summed E-state index contributed by atoms with van der Waals surface area (Å²) in [4.78, 5) is 0. The Bertz CT molecular complexity index is 333. The van der Waals surface area contributed by atoms with E-state index in [-0.39, 0.29) is 11.6 Å². The third kappa shape index (κ3) is 3.99. The second-order valence-electron chi connectivity index (χ2n) is 3.86. The van der Waals surface area contributed by atoms with Crippen LogP contribution in [0, 0.1) is 11.7 Å². The molecule has 16 heavy (non-hydrogen) atoms. The van der Waals surface area contributed by atoms with E-state index < -0.39 is 0 Å². The number of methoxy groups -OCH3 is 1. The Morgan fingerprint density at radius 2 is 2.25 bits per heavy atom. The van der Waals surface area contributed by atoms with Crippen molar-refractivity contribution < 1.29 is 9.13 Å². The SMILES string of the molecule is COc1ccc(CNCC(C)CCl)cc1F. The molecule has 0 amide bonds. The lowest BCUT2D eigenvalue weighted by molar-refractivity contribution is 0.386. The molecule has 0 saturated carbocycles. The van der Waals surface area contributed by atoms with Crippen LogP contribution in [-0.2, 0) is 6.54 Å². The van der Waals surface area contributed by atoms with Crippen LogP contribution in [-0.4, -0.2) is 19.5 Å². The zero-order chi connectivity index (χ0) is 12.0. The van der Waals surface area contributed by atoms with Gasteiger partial charge in [0.2, 0.25) is 0 Å². The molecule has 1 aromatic carbocycles. The normalized spacial score (nSPS) is 12.5. The summed E-state index contributed by atoms with van der Waals surface area (Å²) in [6, 6.07) is 4.97. The van der Waals surface area contributed by atoms with E-state index in [4.69, 9.17) is 16.3 Å². The van der Waals surface area contributed by atoms with Crippen molar-refractivity contribution in [2.75, 3.05) is 19.5 Å². The molecule has 0 fully saturated rings. The molecule has 0 saturated heterocycles. The van der Waals surface area contributed by atoms with Gasteiger partial charge < -0.3 is 10.1 Å². The molecule has 1 N–H and O–H groups in total. The predicted octanol–water partition coefficient (Wildman–Crippen LogP) is 2.80. The Morgan fingerprint density at radius 3 is 2.81 bits per heavy atom. The molecule has 0 bridgehead atoms. The number of alkyl halides is 1. The predicted molar refractivity (Wildman–Crippen MR) is 64.5 cm³/mol. The quantitative estimate of drug-likeness (QED) is 0.779. The Morgan fingerprint density at radius 1 is 1.50 bits per heavy atom. The van der Waals surface area contributed by atoms with Crippen molar-refractivity contribution >= 4 is 11.6 Å². The topological polar surface area (TPSA) is 21.3 Å². The number of nitrogens with one attached hydrogen (secondary N) is 1. The second kappa shape index (κ2) is 6.71. The number of rotatable bonds is 6. The van der Waals surface area contributed by atoms with E-state index in [1.807, 2.05) is 6.07 Å². The van der Waals surface area contributed by atoms with Crippen LogP contribution in [0.2, 0.25) is 0 Å². The maximum absolute atomic E-state index is 13.3. The summed E-state index contributed by atoms with van der Waals surface area (Å²) < 4.78 is 18.2. The molecular formula is C12H17ClFNO. The maximum atomic E-state index is 13.3. The first-order valence-corrected chi connectivity index (χ1v) is 5.80. The molecule has 0 radical (unpaired) electrons. The number of ether oxygens (including phenoxy) is 1. The molecule has 0 aliphatic carbocycles. The first-order chi connectivity index (χ1) is 7.67. The fraction of sp³-hybridized carbons (Fsp3) is 0.500. The van der Waals surface area contributed by atoms with Gasteiger partial charge in [0.25, 0.3) is 0 Å². The van der Waals surface area contributed by atoms with Crippen molar-refractivity contribution in [3.8, 4) is 5.75 Å². The fourth-order valence-electron chi connectivity index (χ4n) is 1.34. The highest BCUT2D eigenvalue weighted by atomic mass is 35.5. The summed E-state index contributed by atoms with van der Waals surface area (Å²) in [6.45, 7) is 3.54. The van der Waals surface area contributed by atoms with E-state index in [0.717, 1.165) is 12.1 Å². The van der Waals surface area contributed by atoms with Crippen molar-refractivity contribution in [2.45, 2.75) is 13.5 Å². The summed E-state index contributed by atoms with van der Waals surface area (Å²) in [5.41, 5.74) is 0.903. The molecule has 1 unspecified atom stereocenters. The van der Waals surface area contributed by atoms with Crippen LogP contribution in [0.5, 0.6) is 5.75 Å². The molecule has 0 aromatic heterocycles. The zero-order valence-electron chi connectivity index (χ0n) is 9.59. The average molecular weight is 246 g/mol. The van der Waals surface area contributed by atoms with Crippen LogP contribution in [0.4, 0.5) is 4.39 Å². The molecule has 0 spiro atoms. The number of halogens is 2. The van der Waals surface area contributed by atoms with Crippen molar-refractivity contribution in [3.63, 3.8) is 0 Å². The van der Waals surface area contributed by atoms with Crippen LogP contribution in [0.25, 0.3) is 0 Å². The van der Waals surface area contributed by atoms with Gasteiger partial charge in [-0.25, -0.2) is 4.39 Å². The van der Waals surface area contributed by atoms with E-state index in [1.165, 1.54) is 13.2 Å². The van der Waals surface area contributed by atoms with Crippen LogP contribution in [0.15, 0.2) is 18.2 Å². The largest absolute Gasteiger partial charge is 0.494 e. The molecule has 90 valence electrons. The van der Waals surface area contributed by atoms with Crippen LogP contribution in [0.1, 0.15) is 12.5 Å². The molecule has 0 aliphatic rings. The zero-order valence-corrected chi connectivity index (χ0v) is 10.4. The van der Waals surface area contributed by atoms with Gasteiger partial charge in [-0.05, 0) is 30.2 Å². The van der Waals surface area contributed by atoms with Crippen LogP contribution in [0.3, 0.4) is 0 Å². The summed E-state index contributed by atoms with van der Waals surface area (Å²) >= 11 is 5.68. The van der Waals surface area contributed by atoms with Gasteiger partial charge in [0.15, 0.2) is 11.6 Å². The van der Waals surface area contributed by atoms with Crippen molar-refractivity contribution in [1.82, 2.24) is 5.32 Å². The minimum atomic E-state index is -0.327. The molecule has 1 rings (SSSR count). The first-order valence-electron chi connectivity index (χ1n) is 5.26. The lowest BCUT2D eigenvalue weighted by Gasteiger charge is -2.10. The van der Waals surface area contributed by atoms with E-state index in [0.29, 0.717) is 18.3 Å². The standard InChI is InChI=1S/C12H17ClFNO/c1-9(6-13)7-15-8-10-3-4-12(16-2)11(14)5-10/h3-5,9,15H,6-8H2,1-2H3. The number of benzene rings is 1. The Labute approximate surface area is 101 Å². The van der Waals surface area contributed by atoms with Crippen molar-refractivity contribution in [1.29, 1.82) is 0 Å². The third-order valence-electron chi connectivity index (χ3n) is 2.30. The van der Waals surface area contributed by atoms with Gasteiger partial charge in [-0.15, -0.1) is 11.6 Å². The van der Waals surface area contributed by atoms with E-state index in [2.05, 4.69) is 12.2 Å². The lowest BCUT2D eigenvalue weighted by atomic mass is 10.2. The summed E-state index contributed by atoms with van der Waals surface area (Å²) in [7, 11) is 1.46. The number of hydrogen-bond donors (Lipinski definition) is 1. The monoisotopic (exact) mass is 245 g/mol. The minimum Gasteiger partial charge on any atom is -0.494 e. The molecule has 2 nitrogen and oxygen atoms in total. The summed E-state index contributed by atoms with van der Waals surface area (Å²) in [5, 5.41) is 3.23. The second-order valence-corrected chi connectivity index (χ2v) is 4.17. The molecule has 0 heterocycles. The Kier molecular flexibility index (Phi) is 5.56. The summed E-state index contributed by atoms with van der Waals surface area (Å²) in [6.07, 6.45) is 0. The summed E-state index contributed by atoms with van der Waals surface area (Å²) in [5.74, 6) is 0.999. The highest BCUT2D eigenvalue weighted by Gasteiger charge is 2.04.